The van der Waals surface area contributed by atoms with Gasteiger partial charge in [0.05, 0.1) is 6.61 Å². The van der Waals surface area contributed by atoms with Gasteiger partial charge in [0.15, 0.2) is 0 Å². The maximum absolute atomic E-state index is 10.3. The van der Waals surface area contributed by atoms with E-state index in [-0.39, 0.29) is 6.54 Å². The number of nitrogens with one attached hydrogen (secondary N) is 1. The summed E-state index contributed by atoms with van der Waals surface area (Å²) in [6.45, 7) is 2.67. The number of carbonyl (C=O) groups is 1. The first-order chi connectivity index (χ1) is 7.22. The maximum Gasteiger partial charge on any atom is 0.322 e. The molecule has 0 atom stereocenters. The summed E-state index contributed by atoms with van der Waals surface area (Å²) in [5, 5.41) is 11.2. The first-order valence-electron chi connectivity index (χ1n) is 4.91. The Morgan fingerprint density at radius 1 is 1.40 bits per heavy atom. The molecule has 0 unspecified atom stereocenters. The molecule has 0 heterocycles. The van der Waals surface area contributed by atoms with Gasteiger partial charge < -0.3 is 15.2 Å². The van der Waals surface area contributed by atoms with Crippen molar-refractivity contribution in [1.29, 1.82) is 0 Å². The summed E-state index contributed by atoms with van der Waals surface area (Å²) in [5.41, 5.74) is 0.779. The van der Waals surface area contributed by atoms with Crippen LogP contribution in [-0.2, 0) is 4.79 Å². The minimum absolute atomic E-state index is 0.0742. The molecule has 0 aliphatic heterocycles. The van der Waals surface area contributed by atoms with Gasteiger partial charge >= 0.3 is 5.97 Å². The van der Waals surface area contributed by atoms with Crippen LogP contribution in [0.3, 0.4) is 0 Å². The van der Waals surface area contributed by atoms with E-state index in [1.54, 1.807) is 12.1 Å². The van der Waals surface area contributed by atoms with Crippen molar-refractivity contribution in [3.63, 3.8) is 0 Å². The van der Waals surface area contributed by atoms with E-state index in [0.29, 0.717) is 6.61 Å². The molecular formula is C11H15NO3. The van der Waals surface area contributed by atoms with Crippen molar-refractivity contribution < 1.29 is 14.6 Å². The van der Waals surface area contributed by atoms with Gasteiger partial charge in [-0.1, -0.05) is 6.92 Å². The highest BCUT2D eigenvalue weighted by atomic mass is 16.5. The smallest absolute Gasteiger partial charge is 0.322 e. The Balaban J connectivity index is 2.45. The van der Waals surface area contributed by atoms with Crippen LogP contribution in [0.2, 0.25) is 0 Å². The highest BCUT2D eigenvalue weighted by Crippen LogP contribution is 2.15. The van der Waals surface area contributed by atoms with Crippen molar-refractivity contribution in [3.8, 4) is 5.75 Å². The standard InChI is InChI=1S/C11H15NO3/c1-2-7-15-10-5-3-9(4-6-10)12-8-11(13)14/h3-6,12H,2,7-8H2,1H3,(H,13,14). The fourth-order valence-electron chi connectivity index (χ4n) is 1.07. The Labute approximate surface area is 88.9 Å². The zero-order valence-corrected chi connectivity index (χ0v) is 8.69. The Morgan fingerprint density at radius 3 is 2.60 bits per heavy atom. The monoisotopic (exact) mass is 209 g/mol. The summed E-state index contributed by atoms with van der Waals surface area (Å²) in [7, 11) is 0. The van der Waals surface area contributed by atoms with Gasteiger partial charge in [0.25, 0.3) is 0 Å². The Hall–Kier alpha value is -1.71. The fourth-order valence-corrected chi connectivity index (χ4v) is 1.07. The predicted octanol–water partition coefficient (Wildman–Crippen LogP) is 1.97. The van der Waals surface area contributed by atoms with E-state index >= 15 is 0 Å². The molecule has 0 saturated heterocycles. The van der Waals surface area contributed by atoms with Crippen molar-refractivity contribution in [2.45, 2.75) is 13.3 Å². The van der Waals surface area contributed by atoms with Crippen molar-refractivity contribution in [2.24, 2.45) is 0 Å². The average Bonchev–Trinajstić information content (AvgIpc) is 2.25. The van der Waals surface area contributed by atoms with Gasteiger partial charge in [0, 0.05) is 5.69 Å². The molecule has 0 bridgehead atoms. The topological polar surface area (TPSA) is 58.6 Å². The SMILES string of the molecule is CCCOc1ccc(NCC(=O)O)cc1. The van der Waals surface area contributed by atoms with Gasteiger partial charge in [-0.2, -0.15) is 0 Å². The third-order valence-electron chi connectivity index (χ3n) is 1.77. The van der Waals surface area contributed by atoms with E-state index in [9.17, 15) is 4.79 Å². The summed E-state index contributed by atoms with van der Waals surface area (Å²) in [4.78, 5) is 10.3. The molecule has 4 heteroatoms. The molecule has 0 spiro atoms. The van der Waals surface area contributed by atoms with Gasteiger partial charge in [0.1, 0.15) is 12.3 Å². The van der Waals surface area contributed by atoms with Crippen LogP contribution in [0, 0.1) is 0 Å². The van der Waals surface area contributed by atoms with Gasteiger partial charge in [-0.15, -0.1) is 0 Å². The molecule has 1 rings (SSSR count). The second kappa shape index (κ2) is 5.90. The number of rotatable bonds is 6. The van der Waals surface area contributed by atoms with Gasteiger partial charge in [-0.3, -0.25) is 4.79 Å². The molecule has 4 nitrogen and oxygen atoms in total. The van der Waals surface area contributed by atoms with E-state index in [1.165, 1.54) is 0 Å². The molecule has 0 amide bonds. The lowest BCUT2D eigenvalue weighted by Gasteiger charge is -2.06. The minimum atomic E-state index is -0.874. The second-order valence-electron chi connectivity index (χ2n) is 3.12. The number of hydrogen-bond acceptors (Lipinski definition) is 3. The number of hydrogen-bond donors (Lipinski definition) is 2. The molecule has 0 fully saturated rings. The molecule has 0 aromatic heterocycles. The fraction of sp³-hybridized carbons (Fsp3) is 0.364. The van der Waals surface area contributed by atoms with E-state index in [0.717, 1.165) is 17.9 Å². The normalized spacial score (nSPS) is 9.67. The third-order valence-corrected chi connectivity index (χ3v) is 1.77. The van der Waals surface area contributed by atoms with E-state index in [2.05, 4.69) is 5.32 Å². The van der Waals surface area contributed by atoms with E-state index < -0.39 is 5.97 Å². The molecule has 1 aromatic rings. The number of anilines is 1. The van der Waals surface area contributed by atoms with Gasteiger partial charge in [0.2, 0.25) is 0 Å². The van der Waals surface area contributed by atoms with Gasteiger partial charge in [-0.05, 0) is 30.7 Å². The second-order valence-corrected chi connectivity index (χ2v) is 3.12. The molecule has 82 valence electrons. The van der Waals surface area contributed by atoms with Crippen LogP contribution >= 0.6 is 0 Å². The molecule has 15 heavy (non-hydrogen) atoms. The van der Waals surface area contributed by atoms with Crippen molar-refractivity contribution in [2.75, 3.05) is 18.5 Å². The lowest BCUT2D eigenvalue weighted by Crippen LogP contribution is -2.12. The summed E-state index contributed by atoms with van der Waals surface area (Å²) < 4.78 is 5.39. The summed E-state index contributed by atoms with van der Waals surface area (Å²) >= 11 is 0. The highest BCUT2D eigenvalue weighted by molar-refractivity contribution is 5.72. The zero-order chi connectivity index (χ0) is 11.1. The number of carboxylic acids is 1. The lowest BCUT2D eigenvalue weighted by atomic mass is 10.3. The van der Waals surface area contributed by atoms with Crippen molar-refractivity contribution in [1.82, 2.24) is 0 Å². The molecule has 0 aliphatic rings. The molecule has 0 radical (unpaired) electrons. The largest absolute Gasteiger partial charge is 0.494 e. The van der Waals surface area contributed by atoms with Crippen LogP contribution in [-0.4, -0.2) is 24.2 Å². The number of benzene rings is 1. The molecular weight excluding hydrogens is 194 g/mol. The highest BCUT2D eigenvalue weighted by Gasteiger charge is 1.97. The Bertz CT molecular complexity index is 308. The summed E-state index contributed by atoms with van der Waals surface area (Å²) in [6, 6.07) is 7.24. The third kappa shape index (κ3) is 4.35. The summed E-state index contributed by atoms with van der Waals surface area (Å²) in [6.07, 6.45) is 0.971. The first kappa shape index (κ1) is 11.4. The summed E-state index contributed by atoms with van der Waals surface area (Å²) in [5.74, 6) is -0.0703. The van der Waals surface area contributed by atoms with Crippen LogP contribution < -0.4 is 10.1 Å². The Morgan fingerprint density at radius 2 is 2.07 bits per heavy atom. The quantitative estimate of drug-likeness (QED) is 0.752. The number of ether oxygens (including phenoxy) is 1. The predicted molar refractivity (Wildman–Crippen MR) is 58.4 cm³/mol. The first-order valence-corrected chi connectivity index (χ1v) is 4.91. The minimum Gasteiger partial charge on any atom is -0.494 e. The molecule has 0 saturated carbocycles. The van der Waals surface area contributed by atoms with Crippen LogP contribution in [0.1, 0.15) is 13.3 Å². The number of aliphatic carboxylic acids is 1. The van der Waals surface area contributed by atoms with Crippen LogP contribution in [0.15, 0.2) is 24.3 Å². The number of carboxylic acid groups (broad SMARTS) is 1. The van der Waals surface area contributed by atoms with E-state index in [1.807, 2.05) is 19.1 Å². The molecule has 1 aromatic carbocycles. The van der Waals surface area contributed by atoms with Crippen LogP contribution in [0.5, 0.6) is 5.75 Å². The lowest BCUT2D eigenvalue weighted by molar-refractivity contribution is -0.134. The van der Waals surface area contributed by atoms with Crippen molar-refractivity contribution >= 4 is 11.7 Å². The maximum atomic E-state index is 10.3. The van der Waals surface area contributed by atoms with Crippen LogP contribution in [0.4, 0.5) is 5.69 Å². The zero-order valence-electron chi connectivity index (χ0n) is 8.69. The van der Waals surface area contributed by atoms with Crippen LogP contribution in [0.25, 0.3) is 0 Å². The van der Waals surface area contributed by atoms with E-state index in [4.69, 9.17) is 9.84 Å². The Kier molecular flexibility index (Phi) is 4.47. The van der Waals surface area contributed by atoms with Crippen molar-refractivity contribution in [3.05, 3.63) is 24.3 Å². The molecule has 2 N–H and O–H groups in total. The molecule has 0 aliphatic carbocycles. The van der Waals surface area contributed by atoms with Gasteiger partial charge in [-0.25, -0.2) is 0 Å². The average molecular weight is 209 g/mol.